The number of aliphatic hydroxyl groups is 1. The third-order valence-electron chi connectivity index (χ3n) is 5.39. The summed E-state index contributed by atoms with van der Waals surface area (Å²) in [6.07, 6.45) is -0.579. The summed E-state index contributed by atoms with van der Waals surface area (Å²) in [4.78, 5) is 2.23. The highest BCUT2D eigenvalue weighted by Gasteiger charge is 2.26. The Labute approximate surface area is 177 Å². The third-order valence-corrected chi connectivity index (χ3v) is 5.39. The van der Waals surface area contributed by atoms with E-state index >= 15 is 0 Å². The van der Waals surface area contributed by atoms with E-state index in [4.69, 9.17) is 14.2 Å². The number of fused-ring (bicyclic) bond motifs is 1. The Hall–Kier alpha value is -3.02. The molecule has 0 amide bonds. The summed E-state index contributed by atoms with van der Waals surface area (Å²) in [5.41, 5.74) is 4.20. The van der Waals surface area contributed by atoms with E-state index in [1.54, 1.807) is 14.2 Å². The van der Waals surface area contributed by atoms with Crippen LogP contribution in [-0.2, 0) is 19.7 Å². The van der Waals surface area contributed by atoms with Gasteiger partial charge in [-0.1, -0.05) is 42.5 Å². The topological polar surface area (TPSA) is 51.2 Å². The van der Waals surface area contributed by atoms with Gasteiger partial charge in [0.25, 0.3) is 0 Å². The number of rotatable bonds is 7. The van der Waals surface area contributed by atoms with Crippen LogP contribution in [0.2, 0.25) is 0 Å². The van der Waals surface area contributed by atoms with Crippen molar-refractivity contribution in [3.63, 3.8) is 0 Å². The summed E-state index contributed by atoms with van der Waals surface area (Å²) in [6.45, 7) is 2.49. The van der Waals surface area contributed by atoms with Crippen LogP contribution in [0.15, 0.2) is 66.7 Å². The van der Waals surface area contributed by atoms with Crippen LogP contribution in [0, 0.1) is 0 Å². The second-order valence-electron chi connectivity index (χ2n) is 7.51. The lowest BCUT2D eigenvalue weighted by atomic mass is 9.96. The number of hydrogen-bond donors (Lipinski definition) is 1. The van der Waals surface area contributed by atoms with Crippen molar-refractivity contribution in [1.29, 1.82) is 0 Å². The van der Waals surface area contributed by atoms with Gasteiger partial charge in [0.2, 0.25) is 0 Å². The fraction of sp³-hybridized carbons (Fsp3) is 0.280. The maximum atomic E-state index is 10.8. The first kappa shape index (κ1) is 20.3. The number of nitrogens with zero attached hydrogens (tertiary/aromatic N) is 1. The molecule has 5 nitrogen and oxygen atoms in total. The molecule has 0 aliphatic carbocycles. The van der Waals surface area contributed by atoms with E-state index in [0.717, 1.165) is 41.1 Å². The zero-order valence-corrected chi connectivity index (χ0v) is 17.4. The van der Waals surface area contributed by atoms with Crippen molar-refractivity contribution in [2.45, 2.75) is 25.8 Å². The Bertz CT molecular complexity index is 990. The monoisotopic (exact) mass is 405 g/mol. The molecule has 0 bridgehead atoms. The van der Waals surface area contributed by atoms with E-state index in [1.165, 1.54) is 0 Å². The molecule has 30 heavy (non-hydrogen) atoms. The number of methoxy groups -OCH3 is 2. The maximum absolute atomic E-state index is 10.8. The van der Waals surface area contributed by atoms with Gasteiger partial charge in [0, 0.05) is 19.6 Å². The summed E-state index contributed by atoms with van der Waals surface area (Å²) in [5.74, 6) is 2.17. The van der Waals surface area contributed by atoms with Crippen molar-refractivity contribution in [1.82, 2.24) is 4.90 Å². The molecule has 0 aromatic heterocycles. The van der Waals surface area contributed by atoms with Gasteiger partial charge in [-0.2, -0.15) is 0 Å². The lowest BCUT2D eigenvalue weighted by molar-refractivity contribution is 0.0875. The number of hydrogen-bond acceptors (Lipinski definition) is 5. The molecule has 4 rings (SSSR count). The van der Waals surface area contributed by atoms with Crippen LogP contribution in [-0.4, -0.2) is 30.8 Å². The van der Waals surface area contributed by atoms with Gasteiger partial charge in [-0.15, -0.1) is 0 Å². The van der Waals surface area contributed by atoms with Crippen molar-refractivity contribution >= 4 is 0 Å². The molecular formula is C25H27NO4. The fourth-order valence-corrected chi connectivity index (χ4v) is 3.87. The molecule has 1 heterocycles. The Morgan fingerprint density at radius 1 is 0.900 bits per heavy atom. The van der Waals surface area contributed by atoms with Gasteiger partial charge in [0.15, 0.2) is 11.5 Å². The quantitative estimate of drug-likeness (QED) is 0.634. The predicted octanol–water partition coefficient (Wildman–Crippen LogP) is 4.33. The van der Waals surface area contributed by atoms with Crippen LogP contribution in [0.1, 0.15) is 28.4 Å². The van der Waals surface area contributed by atoms with Crippen molar-refractivity contribution < 1.29 is 19.3 Å². The smallest absolute Gasteiger partial charge is 0.162 e. The van der Waals surface area contributed by atoms with Gasteiger partial charge in [-0.25, -0.2) is 0 Å². The average Bonchev–Trinajstić information content (AvgIpc) is 2.78. The van der Waals surface area contributed by atoms with E-state index in [-0.39, 0.29) is 0 Å². The molecule has 5 heteroatoms. The highest BCUT2D eigenvalue weighted by Crippen LogP contribution is 2.37. The third kappa shape index (κ3) is 4.58. The largest absolute Gasteiger partial charge is 0.497 e. The lowest BCUT2D eigenvalue weighted by Gasteiger charge is -2.33. The number of ether oxygens (including phenoxy) is 3. The molecule has 0 saturated carbocycles. The summed E-state index contributed by atoms with van der Waals surface area (Å²) in [7, 11) is 3.31. The Kier molecular flexibility index (Phi) is 6.21. The molecule has 1 N–H and O–H groups in total. The Balaban J connectivity index is 1.52. The SMILES string of the molecule is COc1cccc(CN2Cc3cc(OC)c(OCc4ccccc4)cc3C(O)C2)c1. The number of aliphatic hydroxyl groups excluding tert-OH is 1. The van der Waals surface area contributed by atoms with Gasteiger partial charge in [0.1, 0.15) is 12.4 Å². The van der Waals surface area contributed by atoms with E-state index in [9.17, 15) is 5.11 Å². The summed E-state index contributed by atoms with van der Waals surface area (Å²) in [6, 6.07) is 21.9. The van der Waals surface area contributed by atoms with Gasteiger partial charge in [0.05, 0.1) is 20.3 Å². The molecule has 1 atom stereocenters. The van der Waals surface area contributed by atoms with E-state index in [1.807, 2.05) is 60.7 Å². The van der Waals surface area contributed by atoms with Crippen LogP contribution in [0.5, 0.6) is 17.2 Å². The lowest BCUT2D eigenvalue weighted by Crippen LogP contribution is -2.33. The molecule has 3 aromatic carbocycles. The van der Waals surface area contributed by atoms with Crippen LogP contribution in [0.25, 0.3) is 0 Å². The summed E-state index contributed by atoms with van der Waals surface area (Å²) >= 11 is 0. The summed E-state index contributed by atoms with van der Waals surface area (Å²) in [5, 5.41) is 10.8. The molecule has 1 aliphatic rings. The van der Waals surface area contributed by atoms with Gasteiger partial charge < -0.3 is 19.3 Å². The minimum absolute atomic E-state index is 0.452. The first-order chi connectivity index (χ1) is 14.7. The first-order valence-electron chi connectivity index (χ1n) is 10.1. The van der Waals surface area contributed by atoms with Crippen molar-refractivity contribution in [2.24, 2.45) is 0 Å². The molecule has 0 saturated heterocycles. The Morgan fingerprint density at radius 3 is 2.47 bits per heavy atom. The van der Waals surface area contributed by atoms with Crippen LogP contribution in [0.3, 0.4) is 0 Å². The zero-order chi connectivity index (χ0) is 20.9. The molecule has 0 radical (unpaired) electrons. The van der Waals surface area contributed by atoms with E-state index in [2.05, 4.69) is 11.0 Å². The zero-order valence-electron chi connectivity index (χ0n) is 17.4. The molecular weight excluding hydrogens is 378 g/mol. The van der Waals surface area contributed by atoms with Crippen molar-refractivity contribution in [3.8, 4) is 17.2 Å². The highest BCUT2D eigenvalue weighted by atomic mass is 16.5. The summed E-state index contributed by atoms with van der Waals surface area (Å²) < 4.78 is 16.9. The van der Waals surface area contributed by atoms with Gasteiger partial charge in [-0.05, 0) is 46.5 Å². The molecule has 3 aromatic rings. The van der Waals surface area contributed by atoms with Crippen molar-refractivity contribution in [3.05, 3.63) is 89.0 Å². The first-order valence-corrected chi connectivity index (χ1v) is 10.1. The predicted molar refractivity (Wildman–Crippen MR) is 116 cm³/mol. The minimum atomic E-state index is -0.579. The molecule has 1 unspecified atom stereocenters. The minimum Gasteiger partial charge on any atom is -0.497 e. The second kappa shape index (κ2) is 9.20. The number of benzene rings is 3. The van der Waals surface area contributed by atoms with Crippen LogP contribution < -0.4 is 14.2 Å². The number of β-amino-alcohol motifs (C(OH)–C–C–N with tert-alkyl or cyclic N) is 1. The van der Waals surface area contributed by atoms with E-state index < -0.39 is 6.10 Å². The molecule has 0 fully saturated rings. The maximum Gasteiger partial charge on any atom is 0.162 e. The van der Waals surface area contributed by atoms with Crippen LogP contribution in [0.4, 0.5) is 0 Å². The van der Waals surface area contributed by atoms with Gasteiger partial charge >= 0.3 is 0 Å². The average molecular weight is 405 g/mol. The van der Waals surface area contributed by atoms with Gasteiger partial charge in [-0.3, -0.25) is 4.90 Å². The second-order valence-corrected chi connectivity index (χ2v) is 7.51. The molecule has 0 spiro atoms. The normalized spacial score (nSPS) is 16.0. The molecule has 1 aliphatic heterocycles. The molecule has 156 valence electrons. The highest BCUT2D eigenvalue weighted by molar-refractivity contribution is 5.49. The standard InChI is InChI=1S/C25H27NO4/c1-28-21-10-6-9-19(11-21)14-26-15-20-12-24(29-2)25(13-22(20)23(27)16-26)30-17-18-7-4-3-5-8-18/h3-13,23,27H,14-17H2,1-2H3. The fourth-order valence-electron chi connectivity index (χ4n) is 3.87. The Morgan fingerprint density at radius 2 is 1.70 bits per heavy atom. The van der Waals surface area contributed by atoms with Crippen LogP contribution >= 0.6 is 0 Å². The van der Waals surface area contributed by atoms with E-state index in [0.29, 0.717) is 24.7 Å². The van der Waals surface area contributed by atoms with Crippen molar-refractivity contribution in [2.75, 3.05) is 20.8 Å².